The van der Waals surface area contributed by atoms with E-state index in [1.165, 1.54) is 10.6 Å². The molecule has 5 nitrogen and oxygen atoms in total. The first-order chi connectivity index (χ1) is 9.52. The number of halogens is 1. The highest BCUT2D eigenvalue weighted by molar-refractivity contribution is 6.30. The van der Waals surface area contributed by atoms with E-state index < -0.39 is 5.97 Å². The molecule has 0 aromatic carbocycles. The minimum atomic E-state index is -1.09. The zero-order valence-electron chi connectivity index (χ0n) is 10.7. The number of fused-ring (bicyclic) bond motifs is 1. The van der Waals surface area contributed by atoms with Crippen molar-refractivity contribution in [3.63, 3.8) is 0 Å². The lowest BCUT2D eigenvalue weighted by atomic mass is 10.1. The number of allylic oxidation sites excluding steroid dienone is 5. The van der Waals surface area contributed by atoms with Gasteiger partial charge in [-0.2, -0.15) is 5.10 Å². The minimum absolute atomic E-state index is 0.0382. The van der Waals surface area contributed by atoms with Gasteiger partial charge in [-0.25, -0.2) is 14.3 Å². The average Bonchev–Trinajstić information content (AvgIpc) is 2.80. The highest BCUT2D eigenvalue weighted by Gasteiger charge is 2.12. The van der Waals surface area contributed by atoms with Gasteiger partial charge in [0.05, 0.1) is 6.20 Å². The summed E-state index contributed by atoms with van der Waals surface area (Å²) >= 11 is 5.90. The number of nitrogens with zero attached hydrogens (tertiary/aromatic N) is 3. The van der Waals surface area contributed by atoms with Gasteiger partial charge in [0.1, 0.15) is 0 Å². The molecule has 20 heavy (non-hydrogen) atoms. The van der Waals surface area contributed by atoms with Crippen LogP contribution in [0.2, 0.25) is 0 Å². The smallest absolute Gasteiger partial charge is 0.354 e. The monoisotopic (exact) mass is 289 g/mol. The van der Waals surface area contributed by atoms with Gasteiger partial charge in [0.25, 0.3) is 0 Å². The van der Waals surface area contributed by atoms with Crippen LogP contribution in [0.15, 0.2) is 48.3 Å². The molecule has 2 aromatic heterocycles. The number of aromatic nitrogens is 3. The van der Waals surface area contributed by atoms with Crippen molar-refractivity contribution in [2.24, 2.45) is 0 Å². The Morgan fingerprint density at radius 3 is 2.90 bits per heavy atom. The molecule has 2 aromatic rings. The largest absolute Gasteiger partial charge is 0.477 e. The molecule has 2 rings (SSSR count). The van der Waals surface area contributed by atoms with Gasteiger partial charge in [-0.3, -0.25) is 0 Å². The Morgan fingerprint density at radius 2 is 2.30 bits per heavy atom. The number of carboxylic acids is 1. The van der Waals surface area contributed by atoms with E-state index in [1.807, 2.05) is 0 Å². The van der Waals surface area contributed by atoms with Gasteiger partial charge >= 0.3 is 5.97 Å². The lowest BCUT2D eigenvalue weighted by Gasteiger charge is -2.01. The molecular weight excluding hydrogens is 278 g/mol. The third kappa shape index (κ3) is 2.78. The van der Waals surface area contributed by atoms with Crippen LogP contribution in [0.4, 0.5) is 0 Å². The van der Waals surface area contributed by atoms with Gasteiger partial charge in [0.15, 0.2) is 11.3 Å². The summed E-state index contributed by atoms with van der Waals surface area (Å²) in [6, 6.07) is 1.39. The molecule has 0 fully saturated rings. The zero-order valence-corrected chi connectivity index (χ0v) is 11.5. The Labute approximate surface area is 120 Å². The van der Waals surface area contributed by atoms with Gasteiger partial charge in [-0.15, -0.1) is 0 Å². The summed E-state index contributed by atoms with van der Waals surface area (Å²) in [5.74, 6) is -1.09. The van der Waals surface area contributed by atoms with Gasteiger partial charge in [-0.05, 0) is 24.6 Å². The standard InChI is InChI=1S/C14H12ClN3O2/c1-3-4-10(7-9(2)15)11-8-16-18-6-5-12(14(19)20)17-13(11)18/h3-8H,1H2,2H3,(H,19,20)/b9-7+,10-4+. The van der Waals surface area contributed by atoms with Crippen molar-refractivity contribution >= 4 is 28.8 Å². The second-order valence-corrected chi connectivity index (χ2v) is 4.63. The van der Waals surface area contributed by atoms with Crippen molar-refractivity contribution in [2.75, 3.05) is 0 Å². The van der Waals surface area contributed by atoms with Crippen LogP contribution in [-0.2, 0) is 0 Å². The summed E-state index contributed by atoms with van der Waals surface area (Å²) in [6.45, 7) is 5.40. The van der Waals surface area contributed by atoms with E-state index in [1.54, 1.807) is 37.5 Å². The Morgan fingerprint density at radius 1 is 1.55 bits per heavy atom. The molecular formula is C14H12ClN3O2. The fourth-order valence-electron chi connectivity index (χ4n) is 1.75. The maximum Gasteiger partial charge on any atom is 0.354 e. The molecule has 0 bridgehead atoms. The van der Waals surface area contributed by atoms with Crippen molar-refractivity contribution in [2.45, 2.75) is 6.92 Å². The lowest BCUT2D eigenvalue weighted by Crippen LogP contribution is -2.02. The molecule has 0 saturated carbocycles. The van der Waals surface area contributed by atoms with Gasteiger partial charge in [0, 0.05) is 16.8 Å². The Bertz CT molecular complexity index is 740. The summed E-state index contributed by atoms with van der Waals surface area (Å²) in [6.07, 6.45) is 8.29. The second kappa shape index (κ2) is 5.71. The normalized spacial score (nSPS) is 12.7. The Hall–Kier alpha value is -2.40. The summed E-state index contributed by atoms with van der Waals surface area (Å²) < 4.78 is 1.51. The summed E-state index contributed by atoms with van der Waals surface area (Å²) in [7, 11) is 0. The Kier molecular flexibility index (Phi) is 4.00. The zero-order chi connectivity index (χ0) is 14.7. The fourth-order valence-corrected chi connectivity index (χ4v) is 1.87. The van der Waals surface area contributed by atoms with Gasteiger partial charge < -0.3 is 5.11 Å². The molecule has 102 valence electrons. The fraction of sp³-hybridized carbons (Fsp3) is 0.0714. The quantitative estimate of drug-likeness (QED) is 0.878. The SMILES string of the molecule is C=C/C=C(\C=C(/C)Cl)c1cnn2ccc(C(=O)O)nc12. The molecule has 0 aliphatic heterocycles. The third-order valence-electron chi connectivity index (χ3n) is 2.55. The first-order valence-corrected chi connectivity index (χ1v) is 6.15. The van der Waals surface area contributed by atoms with Gasteiger partial charge in [-0.1, -0.05) is 30.3 Å². The minimum Gasteiger partial charge on any atom is -0.477 e. The van der Waals surface area contributed by atoms with E-state index in [-0.39, 0.29) is 5.69 Å². The maximum atomic E-state index is 11.0. The second-order valence-electron chi connectivity index (χ2n) is 4.03. The van der Waals surface area contributed by atoms with Crippen LogP contribution in [-0.4, -0.2) is 25.7 Å². The average molecular weight is 290 g/mol. The third-order valence-corrected chi connectivity index (χ3v) is 2.66. The van der Waals surface area contributed by atoms with E-state index in [4.69, 9.17) is 16.7 Å². The molecule has 0 spiro atoms. The molecule has 0 aliphatic carbocycles. The van der Waals surface area contributed by atoms with E-state index in [0.29, 0.717) is 16.2 Å². The van der Waals surface area contributed by atoms with Crippen LogP contribution < -0.4 is 0 Å². The molecule has 6 heteroatoms. The summed E-state index contributed by atoms with van der Waals surface area (Å²) in [5.41, 5.74) is 1.86. The molecule has 2 heterocycles. The Balaban J connectivity index is 2.66. The number of rotatable bonds is 4. The van der Waals surface area contributed by atoms with Crippen LogP contribution >= 0.6 is 11.6 Å². The number of hydrogen-bond acceptors (Lipinski definition) is 3. The first-order valence-electron chi connectivity index (χ1n) is 5.77. The molecule has 1 N–H and O–H groups in total. The molecule has 0 amide bonds. The van der Waals surface area contributed by atoms with E-state index >= 15 is 0 Å². The topological polar surface area (TPSA) is 67.5 Å². The number of hydrogen-bond donors (Lipinski definition) is 1. The molecule has 0 unspecified atom stereocenters. The number of carbonyl (C=O) groups is 1. The van der Waals surface area contributed by atoms with Gasteiger partial charge in [0.2, 0.25) is 0 Å². The van der Waals surface area contributed by atoms with Crippen LogP contribution in [0.1, 0.15) is 23.0 Å². The van der Waals surface area contributed by atoms with Crippen LogP contribution in [0.5, 0.6) is 0 Å². The molecule has 0 atom stereocenters. The van der Waals surface area contributed by atoms with Crippen LogP contribution in [0, 0.1) is 0 Å². The number of carboxylic acid groups (broad SMARTS) is 1. The molecule has 0 aliphatic rings. The van der Waals surface area contributed by atoms with Crippen molar-refractivity contribution in [3.8, 4) is 0 Å². The van der Waals surface area contributed by atoms with Crippen molar-refractivity contribution < 1.29 is 9.90 Å². The lowest BCUT2D eigenvalue weighted by molar-refractivity contribution is 0.0690. The first kappa shape index (κ1) is 14.0. The van der Waals surface area contributed by atoms with Crippen LogP contribution in [0.25, 0.3) is 11.2 Å². The summed E-state index contributed by atoms with van der Waals surface area (Å²) in [5, 5.41) is 13.7. The maximum absolute atomic E-state index is 11.0. The van der Waals surface area contributed by atoms with E-state index in [2.05, 4.69) is 16.7 Å². The van der Waals surface area contributed by atoms with Crippen molar-refractivity contribution in [3.05, 3.63) is 59.6 Å². The highest BCUT2D eigenvalue weighted by atomic mass is 35.5. The van der Waals surface area contributed by atoms with E-state index in [0.717, 1.165) is 5.57 Å². The van der Waals surface area contributed by atoms with E-state index in [9.17, 15) is 4.79 Å². The summed E-state index contributed by atoms with van der Waals surface area (Å²) in [4.78, 5) is 15.1. The predicted octanol–water partition coefficient (Wildman–Crippen LogP) is 3.14. The number of aromatic carboxylic acids is 1. The predicted molar refractivity (Wildman–Crippen MR) is 77.7 cm³/mol. The van der Waals surface area contributed by atoms with Crippen molar-refractivity contribution in [1.82, 2.24) is 14.6 Å². The highest BCUT2D eigenvalue weighted by Crippen LogP contribution is 2.22. The molecule has 0 radical (unpaired) electrons. The van der Waals surface area contributed by atoms with Crippen molar-refractivity contribution in [1.29, 1.82) is 0 Å². The van der Waals surface area contributed by atoms with Crippen LogP contribution in [0.3, 0.4) is 0 Å². The molecule has 0 saturated heterocycles.